The third-order valence-electron chi connectivity index (χ3n) is 10.4. The van der Waals surface area contributed by atoms with Gasteiger partial charge in [0.2, 0.25) is 17.6 Å². The fraction of sp³-hybridized carbons (Fsp3) is 0.703. The van der Waals surface area contributed by atoms with E-state index in [0.29, 0.717) is 19.0 Å². The van der Waals surface area contributed by atoms with Gasteiger partial charge in [-0.25, -0.2) is 4.79 Å². The van der Waals surface area contributed by atoms with Crippen LogP contribution in [-0.2, 0) is 23.9 Å². The van der Waals surface area contributed by atoms with Crippen molar-refractivity contribution in [1.82, 2.24) is 31.5 Å². The van der Waals surface area contributed by atoms with Gasteiger partial charge in [-0.3, -0.25) is 19.2 Å². The monoisotopic (exact) mass is 682 g/mol. The summed E-state index contributed by atoms with van der Waals surface area (Å²) in [7, 11) is 0. The molecular formula is C37H58N6O6. The van der Waals surface area contributed by atoms with E-state index in [1.807, 2.05) is 27.7 Å². The average Bonchev–Trinajstić information content (AvgIpc) is 3.36. The lowest BCUT2D eigenvalue weighted by molar-refractivity contribution is -0.144. The van der Waals surface area contributed by atoms with Gasteiger partial charge >= 0.3 is 6.03 Å². The molecule has 1 saturated heterocycles. The molecule has 2 saturated carbocycles. The molecule has 0 bridgehead atoms. The number of hydrogen-bond acceptors (Lipinski definition) is 7. The highest BCUT2D eigenvalue weighted by molar-refractivity contribution is 6.38. The van der Waals surface area contributed by atoms with E-state index in [-0.39, 0.29) is 60.5 Å². The van der Waals surface area contributed by atoms with Crippen molar-refractivity contribution in [3.63, 3.8) is 0 Å². The van der Waals surface area contributed by atoms with Crippen LogP contribution in [0.25, 0.3) is 0 Å². The summed E-state index contributed by atoms with van der Waals surface area (Å²) >= 11 is 0. The van der Waals surface area contributed by atoms with Crippen LogP contribution >= 0.6 is 0 Å². The Balaban J connectivity index is 1.84. The third-order valence-corrected chi connectivity index (χ3v) is 10.4. The van der Waals surface area contributed by atoms with Crippen LogP contribution in [0.1, 0.15) is 86.5 Å². The predicted octanol–water partition coefficient (Wildman–Crippen LogP) is 3.00. The van der Waals surface area contributed by atoms with Crippen LogP contribution < -0.4 is 26.6 Å². The van der Waals surface area contributed by atoms with E-state index in [0.717, 1.165) is 32.1 Å². The Morgan fingerprint density at radius 2 is 1.73 bits per heavy atom. The molecule has 0 aromatic rings. The second kappa shape index (κ2) is 17.1. The number of likely N-dealkylation sites (tertiary alicyclic amines) is 1. The molecule has 4 unspecified atom stereocenters. The zero-order valence-electron chi connectivity index (χ0n) is 30.3. The molecule has 5 amide bonds. The summed E-state index contributed by atoms with van der Waals surface area (Å²) in [5.74, 6) is 0.253. The smallest absolute Gasteiger partial charge is 0.315 e. The zero-order chi connectivity index (χ0) is 36.5. The lowest BCUT2D eigenvalue weighted by Crippen LogP contribution is -2.61. The molecule has 3 fully saturated rings. The van der Waals surface area contributed by atoms with Gasteiger partial charge < -0.3 is 36.2 Å². The zero-order valence-corrected chi connectivity index (χ0v) is 30.3. The lowest BCUT2D eigenvalue weighted by atomic mass is 9.83. The average molecular weight is 683 g/mol. The summed E-state index contributed by atoms with van der Waals surface area (Å²) in [6.07, 6.45) is 11.6. The Hall–Kier alpha value is -4.01. The molecule has 1 heterocycles. The van der Waals surface area contributed by atoms with E-state index in [4.69, 9.17) is 11.2 Å². The van der Waals surface area contributed by atoms with Crippen LogP contribution in [-0.4, -0.2) is 84.8 Å². The maximum atomic E-state index is 14.6. The van der Waals surface area contributed by atoms with Crippen molar-refractivity contribution in [3.8, 4) is 12.3 Å². The maximum absolute atomic E-state index is 14.6. The number of nitrogens with one attached hydrogen (secondary N) is 5. The Kier molecular flexibility index (Phi) is 13.7. The first-order valence-corrected chi connectivity index (χ1v) is 17.7. The van der Waals surface area contributed by atoms with E-state index in [1.165, 1.54) is 6.08 Å². The molecule has 3 rings (SSSR count). The van der Waals surface area contributed by atoms with Gasteiger partial charge in [0.1, 0.15) is 18.7 Å². The van der Waals surface area contributed by atoms with Crippen LogP contribution in [0.4, 0.5) is 4.79 Å². The van der Waals surface area contributed by atoms with E-state index in [1.54, 1.807) is 4.90 Å². The fourth-order valence-electron chi connectivity index (χ4n) is 7.29. The number of Topliss-reactive ketones (excluding diaryl/α,β-unsaturated/α-hetero) is 1. The van der Waals surface area contributed by atoms with Gasteiger partial charge in [0.15, 0.2) is 5.88 Å². The number of hydrogen-bond donors (Lipinski definition) is 5. The summed E-state index contributed by atoms with van der Waals surface area (Å²) in [5.41, 5.74) is -0.560. The molecular weight excluding hydrogens is 624 g/mol. The number of carbonyl (C=O) groups is 5. The van der Waals surface area contributed by atoms with E-state index in [9.17, 15) is 24.0 Å². The highest BCUT2D eigenvalue weighted by Gasteiger charge is 2.69. The summed E-state index contributed by atoms with van der Waals surface area (Å²) < 4.78 is 5.77. The molecule has 0 spiro atoms. The van der Waals surface area contributed by atoms with Crippen molar-refractivity contribution in [2.45, 2.75) is 111 Å². The number of terminal acetylenes is 1. The van der Waals surface area contributed by atoms with Gasteiger partial charge in [-0.15, -0.1) is 18.9 Å². The molecule has 0 aromatic carbocycles. The largest absolute Gasteiger partial charge is 0.477 e. The van der Waals surface area contributed by atoms with E-state index in [2.05, 4.69) is 59.5 Å². The fourth-order valence-corrected chi connectivity index (χ4v) is 7.29. The van der Waals surface area contributed by atoms with Gasteiger partial charge in [0.05, 0.1) is 12.1 Å². The molecule has 2 aliphatic carbocycles. The molecule has 6 atom stereocenters. The van der Waals surface area contributed by atoms with Crippen LogP contribution in [0.2, 0.25) is 0 Å². The lowest BCUT2D eigenvalue weighted by Gasteiger charge is -2.38. The minimum atomic E-state index is -1.15. The van der Waals surface area contributed by atoms with Crippen molar-refractivity contribution < 1.29 is 28.7 Å². The van der Waals surface area contributed by atoms with Gasteiger partial charge in [-0.1, -0.05) is 60.0 Å². The molecule has 12 nitrogen and oxygen atoms in total. The quantitative estimate of drug-likeness (QED) is 0.0683. The number of fused-ring (bicyclic) bond motifs is 1. The van der Waals surface area contributed by atoms with Crippen LogP contribution in [0, 0.1) is 40.9 Å². The summed E-state index contributed by atoms with van der Waals surface area (Å²) in [5, 5.41) is 14.3. The summed E-state index contributed by atoms with van der Waals surface area (Å²) in [4.78, 5) is 69.4. The number of urea groups is 1. The molecule has 272 valence electrons. The SMILES string of the molecule is C#CCCC(NC(=O)C1[C@@H]2[C@H](CN1C(=O)C(NC(=O)NC(COC(=C)NCC)C(C)(C)C)C1CCCCC1)C2(C)C)C(=O)C(=O)NCC=C. The van der Waals surface area contributed by atoms with E-state index >= 15 is 0 Å². The molecule has 0 aromatic heterocycles. The first kappa shape index (κ1) is 39.4. The Morgan fingerprint density at radius 3 is 2.33 bits per heavy atom. The van der Waals surface area contributed by atoms with Crippen LogP contribution in [0.15, 0.2) is 25.1 Å². The van der Waals surface area contributed by atoms with Crippen molar-refractivity contribution >= 4 is 29.5 Å². The normalized spacial score (nSPS) is 23.0. The number of ether oxygens (including phenoxy) is 1. The number of nitrogens with zero attached hydrogens (tertiary/aromatic N) is 1. The predicted molar refractivity (Wildman–Crippen MR) is 189 cm³/mol. The van der Waals surface area contributed by atoms with Gasteiger partial charge in [-0.05, 0) is 61.3 Å². The van der Waals surface area contributed by atoms with Crippen molar-refractivity contribution in [2.75, 3.05) is 26.2 Å². The number of rotatable bonds is 17. The van der Waals surface area contributed by atoms with Crippen molar-refractivity contribution in [1.29, 1.82) is 0 Å². The Labute approximate surface area is 292 Å². The molecule has 3 aliphatic rings. The molecule has 5 N–H and O–H groups in total. The molecule has 12 heteroatoms. The second-order valence-corrected chi connectivity index (χ2v) is 15.2. The Morgan fingerprint density at radius 1 is 1.06 bits per heavy atom. The van der Waals surface area contributed by atoms with Gasteiger partial charge in [0, 0.05) is 26.1 Å². The van der Waals surface area contributed by atoms with Crippen LogP contribution in [0.5, 0.6) is 0 Å². The van der Waals surface area contributed by atoms with Crippen molar-refractivity contribution in [2.24, 2.45) is 28.6 Å². The third kappa shape index (κ3) is 10.0. The summed E-state index contributed by atoms with van der Waals surface area (Å²) in [6, 6.07) is -3.75. The standard InChI is InChI=1S/C37H58N6O6/c1-10-13-19-26(31(44)33(46)39-20-11-2)40-32(45)30-28-25(37(28,8)9)21-43(30)34(47)29(24-17-15-14-16-18-24)42-35(48)41-27(36(5,6)7)22-49-23(4)38-12-3/h1,11,24-30,38H,2,4,12-22H2,3,5-9H3,(H,39,46)(H,40,45)(H2,41,42,48)/t25-,26?,27?,28-,29?,30?/m0/s1. The van der Waals surface area contributed by atoms with Gasteiger partial charge in [-0.2, -0.15) is 0 Å². The maximum Gasteiger partial charge on any atom is 0.315 e. The number of carbonyl (C=O) groups excluding carboxylic acids is 5. The van der Waals surface area contributed by atoms with Crippen molar-refractivity contribution in [3.05, 3.63) is 25.1 Å². The summed E-state index contributed by atoms with van der Waals surface area (Å²) in [6.45, 7) is 20.8. The number of amides is 5. The van der Waals surface area contributed by atoms with E-state index < -0.39 is 47.8 Å². The number of ketones is 1. The minimum absolute atomic E-state index is 0.0771. The number of piperidine rings is 1. The molecule has 49 heavy (non-hydrogen) atoms. The van der Waals surface area contributed by atoms with Gasteiger partial charge in [0.25, 0.3) is 5.91 Å². The second-order valence-electron chi connectivity index (χ2n) is 15.2. The first-order chi connectivity index (χ1) is 23.1. The van der Waals surface area contributed by atoms with Crippen LogP contribution in [0.3, 0.4) is 0 Å². The minimum Gasteiger partial charge on any atom is -0.477 e. The topological polar surface area (TPSA) is 158 Å². The molecule has 1 aliphatic heterocycles. The first-order valence-electron chi connectivity index (χ1n) is 17.7. The Bertz CT molecular complexity index is 1290. The molecule has 0 radical (unpaired) electrons. The highest BCUT2D eigenvalue weighted by atomic mass is 16.5. The highest BCUT2D eigenvalue weighted by Crippen LogP contribution is 2.65.